The first-order valence-electron chi connectivity index (χ1n) is 6.95. The number of carbonyl (C=O) groups is 1. The van der Waals surface area contributed by atoms with Crippen LogP contribution in [0.1, 0.15) is 18.0 Å². The zero-order valence-corrected chi connectivity index (χ0v) is 11.3. The second kappa shape index (κ2) is 5.64. The molecule has 2 aliphatic heterocycles. The Morgan fingerprint density at radius 1 is 1.30 bits per heavy atom. The first-order valence-corrected chi connectivity index (χ1v) is 6.95. The Kier molecular flexibility index (Phi) is 3.71. The van der Waals surface area contributed by atoms with Crippen molar-refractivity contribution in [1.82, 2.24) is 15.5 Å². The monoisotopic (exact) mass is 273 g/mol. The van der Waals surface area contributed by atoms with E-state index < -0.39 is 0 Å². The van der Waals surface area contributed by atoms with Crippen LogP contribution in [0.2, 0.25) is 0 Å². The Balaban J connectivity index is 1.90. The number of nitrogens with zero attached hydrogens (tertiary/aromatic N) is 1. The molecule has 0 spiro atoms. The van der Waals surface area contributed by atoms with Gasteiger partial charge in [0.1, 0.15) is 0 Å². The summed E-state index contributed by atoms with van der Waals surface area (Å²) in [4.78, 5) is 14.0. The van der Waals surface area contributed by atoms with Crippen LogP contribution in [0.15, 0.2) is 41.6 Å². The molecule has 0 aliphatic carbocycles. The molecule has 1 aromatic carbocycles. The number of urea groups is 1. The highest BCUT2D eigenvalue weighted by Crippen LogP contribution is 2.30. The van der Waals surface area contributed by atoms with Crippen LogP contribution in [-0.4, -0.2) is 42.3 Å². The van der Waals surface area contributed by atoms with Gasteiger partial charge in [0, 0.05) is 31.8 Å². The van der Waals surface area contributed by atoms with E-state index in [1.165, 1.54) is 5.57 Å². The van der Waals surface area contributed by atoms with E-state index in [2.05, 4.69) is 15.5 Å². The molecule has 0 aromatic heterocycles. The standard InChI is InChI=1S/C15H19N3O2/c19-9-8-18-7-6-13-12(10-18)14(17-15(20)16-13)11-4-2-1-3-5-11/h1-5,14,19H,6-10H2,(H2,16,17,20). The summed E-state index contributed by atoms with van der Waals surface area (Å²) in [7, 11) is 0. The molecule has 1 unspecified atom stereocenters. The molecule has 0 bridgehead atoms. The van der Waals surface area contributed by atoms with Gasteiger partial charge in [-0.1, -0.05) is 30.3 Å². The highest BCUT2D eigenvalue weighted by molar-refractivity contribution is 5.79. The van der Waals surface area contributed by atoms with Crippen molar-refractivity contribution in [2.24, 2.45) is 0 Å². The minimum Gasteiger partial charge on any atom is -0.395 e. The van der Waals surface area contributed by atoms with E-state index >= 15 is 0 Å². The number of carbonyl (C=O) groups excluding carboxylic acids is 1. The van der Waals surface area contributed by atoms with E-state index in [-0.39, 0.29) is 18.7 Å². The lowest BCUT2D eigenvalue weighted by molar-refractivity contribution is 0.191. The summed E-state index contributed by atoms with van der Waals surface area (Å²) in [6.07, 6.45) is 0.825. The average molecular weight is 273 g/mol. The lowest BCUT2D eigenvalue weighted by Gasteiger charge is -2.37. The highest BCUT2D eigenvalue weighted by atomic mass is 16.3. The van der Waals surface area contributed by atoms with Crippen LogP contribution in [-0.2, 0) is 0 Å². The molecule has 5 nitrogen and oxygen atoms in total. The number of aliphatic hydroxyl groups is 1. The van der Waals surface area contributed by atoms with Crippen LogP contribution in [0.4, 0.5) is 4.79 Å². The molecule has 2 aliphatic rings. The average Bonchev–Trinajstić information content (AvgIpc) is 2.48. The maximum atomic E-state index is 11.8. The molecule has 3 rings (SSSR count). The van der Waals surface area contributed by atoms with Crippen LogP contribution in [0.3, 0.4) is 0 Å². The molecule has 3 N–H and O–H groups in total. The minimum absolute atomic E-state index is 0.0681. The number of hydrogen-bond acceptors (Lipinski definition) is 3. The molecule has 1 aromatic rings. The maximum absolute atomic E-state index is 11.8. The van der Waals surface area contributed by atoms with Gasteiger partial charge in [-0.3, -0.25) is 4.90 Å². The van der Waals surface area contributed by atoms with Crippen molar-refractivity contribution in [2.75, 3.05) is 26.2 Å². The number of benzene rings is 1. The van der Waals surface area contributed by atoms with Crippen molar-refractivity contribution in [2.45, 2.75) is 12.5 Å². The van der Waals surface area contributed by atoms with E-state index in [4.69, 9.17) is 5.11 Å². The molecular formula is C15H19N3O2. The summed E-state index contributed by atoms with van der Waals surface area (Å²) < 4.78 is 0. The van der Waals surface area contributed by atoms with Crippen LogP contribution < -0.4 is 10.6 Å². The predicted octanol–water partition coefficient (Wildman–Crippen LogP) is 0.993. The summed E-state index contributed by atoms with van der Waals surface area (Å²) in [5.74, 6) is 0. The van der Waals surface area contributed by atoms with Crippen LogP contribution in [0.25, 0.3) is 0 Å². The first-order chi connectivity index (χ1) is 9.78. The molecule has 2 heterocycles. The van der Waals surface area contributed by atoms with Gasteiger partial charge >= 0.3 is 6.03 Å². The quantitative estimate of drug-likeness (QED) is 0.769. The SMILES string of the molecule is O=C1NC2=C(CN(CCO)CC2)C(c2ccccc2)N1. The van der Waals surface area contributed by atoms with Gasteiger partial charge in [0.15, 0.2) is 0 Å². The number of hydrogen-bond donors (Lipinski definition) is 3. The van der Waals surface area contributed by atoms with Crippen molar-refractivity contribution in [3.8, 4) is 0 Å². The smallest absolute Gasteiger partial charge is 0.319 e. The normalized spacial score (nSPS) is 23.1. The number of amides is 2. The Labute approximate surface area is 118 Å². The van der Waals surface area contributed by atoms with Gasteiger partial charge in [0.05, 0.1) is 12.6 Å². The van der Waals surface area contributed by atoms with Crippen molar-refractivity contribution in [3.05, 3.63) is 47.2 Å². The number of β-amino-alcohol motifs (C(OH)–C–C–N with tert-alkyl or cyclic N) is 1. The molecule has 0 fully saturated rings. The van der Waals surface area contributed by atoms with Gasteiger partial charge in [-0.05, 0) is 11.1 Å². The molecule has 5 heteroatoms. The molecule has 106 valence electrons. The molecule has 20 heavy (non-hydrogen) atoms. The van der Waals surface area contributed by atoms with Gasteiger partial charge < -0.3 is 15.7 Å². The highest BCUT2D eigenvalue weighted by Gasteiger charge is 2.31. The lowest BCUT2D eigenvalue weighted by atomic mass is 9.92. The third kappa shape index (κ3) is 2.55. The second-order valence-electron chi connectivity index (χ2n) is 5.20. The van der Waals surface area contributed by atoms with Gasteiger partial charge in [-0.15, -0.1) is 0 Å². The van der Waals surface area contributed by atoms with Crippen LogP contribution in [0, 0.1) is 0 Å². The summed E-state index contributed by atoms with van der Waals surface area (Å²) in [6, 6.07) is 9.81. The largest absolute Gasteiger partial charge is 0.395 e. The molecule has 0 saturated carbocycles. The Morgan fingerprint density at radius 2 is 2.10 bits per heavy atom. The first kappa shape index (κ1) is 13.1. The Hall–Kier alpha value is -1.85. The van der Waals surface area contributed by atoms with E-state index in [9.17, 15) is 4.79 Å². The number of rotatable bonds is 3. The summed E-state index contributed by atoms with van der Waals surface area (Å²) >= 11 is 0. The van der Waals surface area contributed by atoms with Crippen LogP contribution >= 0.6 is 0 Å². The fraction of sp³-hybridized carbons (Fsp3) is 0.400. The topological polar surface area (TPSA) is 64.6 Å². The van der Waals surface area contributed by atoms with E-state index in [0.717, 1.165) is 30.8 Å². The van der Waals surface area contributed by atoms with E-state index in [1.807, 2.05) is 30.3 Å². The second-order valence-corrected chi connectivity index (χ2v) is 5.20. The zero-order valence-electron chi connectivity index (χ0n) is 11.3. The van der Waals surface area contributed by atoms with Crippen molar-refractivity contribution < 1.29 is 9.90 Å². The van der Waals surface area contributed by atoms with Gasteiger partial charge in [0.25, 0.3) is 0 Å². The summed E-state index contributed by atoms with van der Waals surface area (Å²) in [5.41, 5.74) is 3.34. The van der Waals surface area contributed by atoms with Crippen molar-refractivity contribution in [1.29, 1.82) is 0 Å². The molecule has 0 saturated heterocycles. The fourth-order valence-corrected chi connectivity index (χ4v) is 2.91. The van der Waals surface area contributed by atoms with Crippen LogP contribution in [0.5, 0.6) is 0 Å². The third-order valence-electron chi connectivity index (χ3n) is 3.90. The zero-order chi connectivity index (χ0) is 13.9. The Bertz CT molecular complexity index is 527. The summed E-state index contributed by atoms with van der Waals surface area (Å²) in [5, 5.41) is 15.0. The fourth-order valence-electron chi connectivity index (χ4n) is 2.91. The predicted molar refractivity (Wildman–Crippen MR) is 76.0 cm³/mol. The summed E-state index contributed by atoms with van der Waals surface area (Å²) in [6.45, 7) is 2.49. The van der Waals surface area contributed by atoms with Gasteiger partial charge in [-0.25, -0.2) is 4.79 Å². The molecule has 0 radical (unpaired) electrons. The number of aliphatic hydroxyl groups excluding tert-OH is 1. The van der Waals surface area contributed by atoms with E-state index in [0.29, 0.717) is 6.54 Å². The molecule has 2 amide bonds. The van der Waals surface area contributed by atoms with Gasteiger partial charge in [0.2, 0.25) is 0 Å². The maximum Gasteiger partial charge on any atom is 0.319 e. The van der Waals surface area contributed by atoms with Gasteiger partial charge in [-0.2, -0.15) is 0 Å². The third-order valence-corrected chi connectivity index (χ3v) is 3.90. The lowest BCUT2D eigenvalue weighted by Crippen LogP contribution is -2.49. The molecule has 1 atom stereocenters. The molecular weight excluding hydrogens is 254 g/mol. The minimum atomic E-state index is -0.131. The van der Waals surface area contributed by atoms with Crippen molar-refractivity contribution in [3.63, 3.8) is 0 Å². The van der Waals surface area contributed by atoms with E-state index in [1.54, 1.807) is 0 Å². The Morgan fingerprint density at radius 3 is 2.85 bits per heavy atom. The van der Waals surface area contributed by atoms with Crippen molar-refractivity contribution >= 4 is 6.03 Å². The number of nitrogens with one attached hydrogen (secondary N) is 2.